The molecule has 1 aromatic carbocycles. The van der Waals surface area contributed by atoms with Gasteiger partial charge in [0.15, 0.2) is 5.71 Å². The highest BCUT2D eigenvalue weighted by Crippen LogP contribution is 2.47. The van der Waals surface area contributed by atoms with Crippen LogP contribution in [0.5, 0.6) is 5.75 Å². The molecule has 2 aliphatic rings. The van der Waals surface area contributed by atoms with E-state index in [1.807, 2.05) is 32.9 Å². The number of benzene rings is 1. The van der Waals surface area contributed by atoms with Gasteiger partial charge in [0, 0.05) is 18.1 Å². The molecule has 3 rings (SSSR count). The highest BCUT2D eigenvalue weighted by molar-refractivity contribution is 6.55. The molecule has 0 unspecified atom stereocenters. The Labute approximate surface area is 134 Å². The molecule has 120 valence electrons. The number of hydrogen-bond donors (Lipinski definition) is 0. The van der Waals surface area contributed by atoms with Crippen LogP contribution in [0.25, 0.3) is 5.57 Å². The van der Waals surface area contributed by atoms with Crippen LogP contribution in [0.1, 0.15) is 38.8 Å². The molecule has 2 heterocycles. The first-order valence-electron chi connectivity index (χ1n) is 7.28. The topological polar surface area (TPSA) is 68.2 Å². The Bertz CT molecular complexity index is 790. The van der Waals surface area contributed by atoms with Gasteiger partial charge in [0.05, 0.1) is 18.3 Å². The van der Waals surface area contributed by atoms with Crippen molar-refractivity contribution in [2.75, 3.05) is 12.0 Å². The number of oxime groups is 1. The number of methoxy groups -OCH3 is 1. The predicted octanol–water partition coefficient (Wildman–Crippen LogP) is 2.50. The minimum Gasteiger partial charge on any atom is -0.497 e. The van der Waals surface area contributed by atoms with Gasteiger partial charge < -0.3 is 9.57 Å². The average Bonchev–Trinajstić information content (AvgIpc) is 2.74. The molecule has 23 heavy (non-hydrogen) atoms. The van der Waals surface area contributed by atoms with E-state index in [-0.39, 0.29) is 11.6 Å². The van der Waals surface area contributed by atoms with E-state index in [1.54, 1.807) is 18.1 Å². The number of nitrogens with zero attached hydrogens (tertiary/aromatic N) is 2. The van der Waals surface area contributed by atoms with Gasteiger partial charge >= 0.3 is 5.97 Å². The van der Waals surface area contributed by atoms with Gasteiger partial charge in [-0.25, -0.2) is 4.79 Å². The largest absolute Gasteiger partial charge is 0.497 e. The number of hydrogen-bond acceptors (Lipinski definition) is 5. The Morgan fingerprint density at radius 2 is 1.91 bits per heavy atom. The summed E-state index contributed by atoms with van der Waals surface area (Å²) in [6, 6.07) is 3.64. The highest BCUT2D eigenvalue weighted by atomic mass is 16.7. The van der Waals surface area contributed by atoms with Crippen LogP contribution >= 0.6 is 0 Å². The average molecular weight is 314 g/mol. The van der Waals surface area contributed by atoms with Gasteiger partial charge in [-0.2, -0.15) is 0 Å². The first-order chi connectivity index (χ1) is 10.8. The van der Waals surface area contributed by atoms with E-state index >= 15 is 0 Å². The molecule has 0 fully saturated rings. The fourth-order valence-electron chi connectivity index (χ4n) is 3.19. The van der Waals surface area contributed by atoms with Crippen molar-refractivity contribution in [2.45, 2.75) is 33.2 Å². The van der Waals surface area contributed by atoms with Gasteiger partial charge in [-0.05, 0) is 38.5 Å². The molecule has 0 atom stereocenters. The Morgan fingerprint density at radius 1 is 1.26 bits per heavy atom. The van der Waals surface area contributed by atoms with E-state index in [0.717, 1.165) is 16.8 Å². The quantitative estimate of drug-likeness (QED) is 0.621. The molecule has 0 spiro atoms. The second-order valence-electron chi connectivity index (χ2n) is 6.22. The fraction of sp³-hybridized carbons (Fsp3) is 0.353. The highest BCUT2D eigenvalue weighted by Gasteiger charge is 2.46. The van der Waals surface area contributed by atoms with Crippen molar-refractivity contribution in [3.05, 3.63) is 29.3 Å². The van der Waals surface area contributed by atoms with Gasteiger partial charge in [0.2, 0.25) is 0 Å². The van der Waals surface area contributed by atoms with Gasteiger partial charge in [0.1, 0.15) is 5.75 Å². The van der Waals surface area contributed by atoms with Crippen molar-refractivity contribution in [1.29, 1.82) is 0 Å². The zero-order valence-electron chi connectivity index (χ0n) is 13.8. The molecular weight excluding hydrogens is 296 g/mol. The summed E-state index contributed by atoms with van der Waals surface area (Å²) in [5.74, 6) is -0.238. The van der Waals surface area contributed by atoms with Crippen LogP contribution in [0.2, 0.25) is 0 Å². The number of rotatable bonds is 2. The van der Waals surface area contributed by atoms with Gasteiger partial charge in [0.25, 0.3) is 5.91 Å². The van der Waals surface area contributed by atoms with Crippen molar-refractivity contribution in [2.24, 2.45) is 5.16 Å². The van der Waals surface area contributed by atoms with Crippen molar-refractivity contribution < 1.29 is 19.2 Å². The van der Waals surface area contributed by atoms with Gasteiger partial charge in [-0.15, -0.1) is 0 Å². The normalized spacial score (nSPS) is 19.5. The van der Waals surface area contributed by atoms with Crippen LogP contribution in [-0.2, 0) is 14.4 Å². The molecule has 0 aliphatic carbocycles. The second kappa shape index (κ2) is 4.94. The Kier molecular flexibility index (Phi) is 3.28. The molecule has 0 saturated heterocycles. The minimum atomic E-state index is -0.572. The molecule has 1 aromatic rings. The molecule has 0 saturated carbocycles. The summed E-state index contributed by atoms with van der Waals surface area (Å²) in [7, 11) is 1.57. The lowest BCUT2D eigenvalue weighted by Crippen LogP contribution is -2.47. The summed E-state index contributed by atoms with van der Waals surface area (Å²) in [6.07, 6.45) is 2.03. The fourth-order valence-corrected chi connectivity index (χ4v) is 3.19. The summed E-state index contributed by atoms with van der Waals surface area (Å²) < 4.78 is 5.33. The molecule has 6 heteroatoms. The summed E-state index contributed by atoms with van der Waals surface area (Å²) in [5.41, 5.74) is 3.00. The molecule has 2 aliphatic heterocycles. The van der Waals surface area contributed by atoms with Crippen LogP contribution in [0.4, 0.5) is 5.69 Å². The number of ether oxygens (including phenoxy) is 1. The Balaban J connectivity index is 2.29. The third-order valence-corrected chi connectivity index (χ3v) is 4.04. The molecule has 0 bridgehead atoms. The van der Waals surface area contributed by atoms with Crippen LogP contribution in [0, 0.1) is 0 Å². The molecule has 0 aromatic heterocycles. The van der Waals surface area contributed by atoms with E-state index < -0.39 is 11.5 Å². The molecular formula is C17H18N2O4. The maximum absolute atomic E-state index is 12.8. The SMILES string of the molecule is COc1cc2c3c(c1)C(=NOC(C)=O)C(=O)N3C(C)(C)C=C2C. The summed E-state index contributed by atoms with van der Waals surface area (Å²) in [6.45, 7) is 7.16. The predicted molar refractivity (Wildman–Crippen MR) is 86.5 cm³/mol. The van der Waals surface area contributed by atoms with Crippen molar-refractivity contribution >= 4 is 28.8 Å². The Morgan fingerprint density at radius 3 is 2.52 bits per heavy atom. The van der Waals surface area contributed by atoms with E-state index in [1.165, 1.54) is 6.92 Å². The van der Waals surface area contributed by atoms with E-state index in [0.29, 0.717) is 11.3 Å². The molecule has 0 N–H and O–H groups in total. The van der Waals surface area contributed by atoms with Crippen LogP contribution in [0.3, 0.4) is 0 Å². The number of anilines is 1. The van der Waals surface area contributed by atoms with Gasteiger partial charge in [-0.3, -0.25) is 9.69 Å². The third-order valence-electron chi connectivity index (χ3n) is 4.04. The maximum atomic E-state index is 12.8. The lowest BCUT2D eigenvalue weighted by Gasteiger charge is -2.38. The Hall–Kier alpha value is -2.63. The minimum absolute atomic E-state index is 0.117. The lowest BCUT2D eigenvalue weighted by molar-refractivity contribution is -0.140. The summed E-state index contributed by atoms with van der Waals surface area (Å²) in [5, 5.41) is 3.78. The first kappa shape index (κ1) is 15.3. The van der Waals surface area contributed by atoms with E-state index in [9.17, 15) is 9.59 Å². The first-order valence-corrected chi connectivity index (χ1v) is 7.28. The smallest absolute Gasteiger partial charge is 0.332 e. The van der Waals surface area contributed by atoms with E-state index in [2.05, 4.69) is 5.16 Å². The van der Waals surface area contributed by atoms with Crippen molar-refractivity contribution in [1.82, 2.24) is 0 Å². The molecule has 1 amide bonds. The number of carbonyl (C=O) groups excluding carboxylic acids is 2. The third kappa shape index (κ3) is 2.21. The number of amides is 1. The van der Waals surface area contributed by atoms with Crippen molar-refractivity contribution in [3.8, 4) is 5.75 Å². The number of carbonyl (C=O) groups is 2. The van der Waals surface area contributed by atoms with Crippen LogP contribution < -0.4 is 9.64 Å². The zero-order valence-corrected chi connectivity index (χ0v) is 13.8. The lowest BCUT2D eigenvalue weighted by atomic mass is 9.89. The summed E-state index contributed by atoms with van der Waals surface area (Å²) >= 11 is 0. The maximum Gasteiger partial charge on any atom is 0.332 e. The zero-order chi connectivity index (χ0) is 16.9. The van der Waals surface area contributed by atoms with Crippen LogP contribution in [0.15, 0.2) is 23.4 Å². The van der Waals surface area contributed by atoms with Crippen molar-refractivity contribution in [3.63, 3.8) is 0 Å². The second-order valence-corrected chi connectivity index (χ2v) is 6.22. The van der Waals surface area contributed by atoms with E-state index in [4.69, 9.17) is 9.57 Å². The monoisotopic (exact) mass is 314 g/mol. The number of allylic oxidation sites excluding steroid dienone is 1. The molecule has 0 radical (unpaired) electrons. The summed E-state index contributed by atoms with van der Waals surface area (Å²) in [4.78, 5) is 30.3. The molecule has 6 nitrogen and oxygen atoms in total. The van der Waals surface area contributed by atoms with Crippen LogP contribution in [-0.4, -0.2) is 30.2 Å². The standard InChI is InChI=1S/C17H18N2O4/c1-9-8-17(3,4)19-15-12(9)6-11(22-5)7-13(15)14(16(19)21)18-23-10(2)20/h6-8H,1-5H3. The van der Waals surface area contributed by atoms with Gasteiger partial charge in [-0.1, -0.05) is 11.2 Å².